The van der Waals surface area contributed by atoms with Gasteiger partial charge in [-0.3, -0.25) is 13.9 Å². The molecule has 0 N–H and O–H groups in total. The Morgan fingerprint density at radius 2 is 1.70 bits per heavy atom. The molecule has 4 aromatic rings. The first-order valence-corrected chi connectivity index (χ1v) is 11.3. The molecule has 2 aromatic carbocycles. The van der Waals surface area contributed by atoms with Crippen LogP contribution in [0.5, 0.6) is 0 Å². The molecular formula is C26H29N5O2. The van der Waals surface area contributed by atoms with Crippen molar-refractivity contribution in [3.63, 3.8) is 0 Å². The smallest absolute Gasteiger partial charge is 0.312 e. The van der Waals surface area contributed by atoms with E-state index < -0.39 is 0 Å². The van der Waals surface area contributed by atoms with Crippen LogP contribution in [-0.4, -0.2) is 25.2 Å². The Bertz CT molecular complexity index is 1490. The van der Waals surface area contributed by atoms with Crippen molar-refractivity contribution >= 4 is 22.8 Å². The van der Waals surface area contributed by atoms with E-state index in [4.69, 9.17) is 4.98 Å². The molecule has 0 saturated carbocycles. The lowest BCUT2D eigenvalue weighted by Gasteiger charge is -2.33. The minimum Gasteiger partial charge on any atom is -0.312 e. The van der Waals surface area contributed by atoms with E-state index in [1.807, 2.05) is 35.8 Å². The quantitative estimate of drug-likeness (QED) is 0.485. The summed E-state index contributed by atoms with van der Waals surface area (Å²) in [6.07, 6.45) is 0. The van der Waals surface area contributed by atoms with Crippen LogP contribution in [0.1, 0.15) is 29.2 Å². The van der Waals surface area contributed by atoms with Gasteiger partial charge in [-0.05, 0) is 55.5 Å². The van der Waals surface area contributed by atoms with Crippen LogP contribution in [0.3, 0.4) is 0 Å². The third-order valence-corrected chi connectivity index (χ3v) is 6.71. The predicted octanol–water partition coefficient (Wildman–Crippen LogP) is 3.66. The Morgan fingerprint density at radius 1 is 0.970 bits per heavy atom. The molecule has 33 heavy (non-hydrogen) atoms. The number of anilines is 2. The van der Waals surface area contributed by atoms with Gasteiger partial charge in [-0.2, -0.15) is 4.98 Å². The first-order chi connectivity index (χ1) is 15.7. The third kappa shape index (κ3) is 3.48. The van der Waals surface area contributed by atoms with Crippen molar-refractivity contribution in [2.24, 2.45) is 13.0 Å². The lowest BCUT2D eigenvalue weighted by molar-refractivity contribution is 0.458. The maximum atomic E-state index is 13.6. The minimum absolute atomic E-state index is 0.235. The van der Waals surface area contributed by atoms with Crippen LogP contribution < -0.4 is 16.1 Å². The second kappa shape index (κ2) is 7.76. The molecule has 1 atom stereocenters. The summed E-state index contributed by atoms with van der Waals surface area (Å²) < 4.78 is 4.81. The standard InChI is InChI=1S/C26H29N5O2/c1-16-6-9-20(10-7-16)15-31-24(32)22-23(28(5)26(31)33)27-25-29(13-17(2)14-30(22)25)21-11-8-18(3)19(4)12-21/h6-12,17H,13-15H2,1-5H3. The minimum atomic E-state index is -0.352. The third-order valence-electron chi connectivity index (χ3n) is 6.71. The van der Waals surface area contributed by atoms with Gasteiger partial charge in [0.2, 0.25) is 5.95 Å². The van der Waals surface area contributed by atoms with Gasteiger partial charge in [0.25, 0.3) is 5.56 Å². The Balaban J connectivity index is 1.71. The maximum Gasteiger partial charge on any atom is 0.332 e. The normalized spacial score (nSPS) is 15.8. The highest BCUT2D eigenvalue weighted by atomic mass is 16.2. The topological polar surface area (TPSA) is 65.1 Å². The van der Waals surface area contributed by atoms with Gasteiger partial charge in [0, 0.05) is 25.8 Å². The van der Waals surface area contributed by atoms with Gasteiger partial charge in [0.05, 0.1) is 6.54 Å². The van der Waals surface area contributed by atoms with E-state index in [2.05, 4.69) is 43.9 Å². The number of nitrogens with zero attached hydrogens (tertiary/aromatic N) is 5. The summed E-state index contributed by atoms with van der Waals surface area (Å²) in [5.74, 6) is 1.03. The van der Waals surface area contributed by atoms with Gasteiger partial charge < -0.3 is 9.47 Å². The number of aryl methyl sites for hydroxylation is 4. The van der Waals surface area contributed by atoms with Crippen LogP contribution in [-0.2, 0) is 20.1 Å². The molecule has 0 radical (unpaired) electrons. The largest absolute Gasteiger partial charge is 0.332 e. The molecule has 1 unspecified atom stereocenters. The zero-order valence-corrected chi connectivity index (χ0v) is 19.8. The molecule has 0 amide bonds. The van der Waals surface area contributed by atoms with Crippen molar-refractivity contribution < 1.29 is 0 Å². The van der Waals surface area contributed by atoms with Gasteiger partial charge in [-0.1, -0.05) is 42.8 Å². The second-order valence-electron chi connectivity index (χ2n) is 9.40. The average Bonchev–Trinajstić information content (AvgIpc) is 3.17. The fraction of sp³-hybridized carbons (Fsp3) is 0.346. The van der Waals surface area contributed by atoms with Gasteiger partial charge in [0.1, 0.15) is 0 Å². The van der Waals surface area contributed by atoms with E-state index in [0.29, 0.717) is 29.6 Å². The predicted molar refractivity (Wildman–Crippen MR) is 132 cm³/mol. The van der Waals surface area contributed by atoms with Crippen LogP contribution in [0.4, 0.5) is 11.6 Å². The molecule has 0 saturated heterocycles. The molecule has 3 heterocycles. The fourth-order valence-electron chi connectivity index (χ4n) is 4.63. The van der Waals surface area contributed by atoms with E-state index in [0.717, 1.165) is 23.4 Å². The number of rotatable bonds is 3. The van der Waals surface area contributed by atoms with Gasteiger partial charge in [0.15, 0.2) is 11.2 Å². The summed E-state index contributed by atoms with van der Waals surface area (Å²) in [6, 6.07) is 14.3. The summed E-state index contributed by atoms with van der Waals surface area (Å²) in [6.45, 7) is 10.1. The molecule has 7 heteroatoms. The Labute approximate surface area is 192 Å². The van der Waals surface area contributed by atoms with Gasteiger partial charge in [-0.15, -0.1) is 0 Å². The first-order valence-electron chi connectivity index (χ1n) is 11.3. The van der Waals surface area contributed by atoms with Crippen LogP contribution in [0.15, 0.2) is 52.1 Å². The van der Waals surface area contributed by atoms with Crippen molar-refractivity contribution in [3.05, 3.63) is 85.6 Å². The summed E-state index contributed by atoms with van der Waals surface area (Å²) in [4.78, 5) is 33.8. The summed E-state index contributed by atoms with van der Waals surface area (Å²) in [7, 11) is 1.69. The van der Waals surface area contributed by atoms with Crippen LogP contribution in [0.2, 0.25) is 0 Å². The maximum absolute atomic E-state index is 13.6. The molecule has 1 aliphatic rings. The molecule has 0 aliphatic carbocycles. The second-order valence-corrected chi connectivity index (χ2v) is 9.40. The van der Waals surface area contributed by atoms with Crippen molar-refractivity contribution in [1.82, 2.24) is 18.7 Å². The molecule has 2 aromatic heterocycles. The number of hydrogen-bond acceptors (Lipinski definition) is 4. The van der Waals surface area contributed by atoms with E-state index in [1.165, 1.54) is 20.3 Å². The molecule has 0 fully saturated rings. The zero-order valence-electron chi connectivity index (χ0n) is 19.8. The molecule has 7 nitrogen and oxygen atoms in total. The van der Waals surface area contributed by atoms with Gasteiger partial charge >= 0.3 is 5.69 Å². The average molecular weight is 444 g/mol. The highest BCUT2D eigenvalue weighted by molar-refractivity contribution is 5.77. The Kier molecular flexibility index (Phi) is 5.00. The van der Waals surface area contributed by atoms with Crippen molar-refractivity contribution in [3.8, 4) is 0 Å². The number of benzene rings is 2. The van der Waals surface area contributed by atoms with Crippen LogP contribution in [0, 0.1) is 26.7 Å². The van der Waals surface area contributed by atoms with Crippen molar-refractivity contribution in [1.29, 1.82) is 0 Å². The number of hydrogen-bond donors (Lipinski definition) is 0. The number of aromatic nitrogens is 4. The van der Waals surface area contributed by atoms with Crippen molar-refractivity contribution in [2.75, 3.05) is 11.4 Å². The molecular weight excluding hydrogens is 414 g/mol. The van der Waals surface area contributed by atoms with Crippen LogP contribution in [0.25, 0.3) is 11.2 Å². The number of imidazole rings is 1. The van der Waals surface area contributed by atoms with E-state index in [-0.39, 0.29) is 17.8 Å². The van der Waals surface area contributed by atoms with Crippen molar-refractivity contribution in [2.45, 2.75) is 40.8 Å². The molecule has 170 valence electrons. The van der Waals surface area contributed by atoms with E-state index >= 15 is 0 Å². The molecule has 0 spiro atoms. The van der Waals surface area contributed by atoms with Crippen LogP contribution >= 0.6 is 0 Å². The number of fused-ring (bicyclic) bond motifs is 3. The Hall–Kier alpha value is -3.61. The zero-order chi connectivity index (χ0) is 23.4. The highest BCUT2D eigenvalue weighted by Gasteiger charge is 2.30. The Morgan fingerprint density at radius 3 is 2.39 bits per heavy atom. The molecule has 5 rings (SSSR count). The first kappa shape index (κ1) is 21.2. The highest BCUT2D eigenvalue weighted by Crippen LogP contribution is 2.33. The molecule has 1 aliphatic heterocycles. The molecule has 0 bridgehead atoms. The lowest BCUT2D eigenvalue weighted by Crippen LogP contribution is -2.40. The van der Waals surface area contributed by atoms with Gasteiger partial charge in [-0.25, -0.2) is 4.79 Å². The summed E-state index contributed by atoms with van der Waals surface area (Å²) in [5, 5.41) is 0. The van der Waals surface area contributed by atoms with E-state index in [1.54, 1.807) is 7.05 Å². The summed E-state index contributed by atoms with van der Waals surface area (Å²) in [5.41, 5.74) is 5.83. The fourth-order valence-corrected chi connectivity index (χ4v) is 4.63. The van der Waals surface area contributed by atoms with E-state index in [9.17, 15) is 9.59 Å². The lowest BCUT2D eigenvalue weighted by atomic mass is 10.1. The summed E-state index contributed by atoms with van der Waals surface area (Å²) >= 11 is 0. The monoisotopic (exact) mass is 443 g/mol. The SMILES string of the molecule is Cc1ccc(Cn2c(=O)c3c(nc4n3CC(C)CN4c3ccc(C)c(C)c3)n(C)c2=O)cc1.